The molecule has 0 saturated carbocycles. The van der Waals surface area contributed by atoms with Gasteiger partial charge in [-0.3, -0.25) is 20.2 Å². The average Bonchev–Trinajstić information content (AvgIpc) is 2.75. The summed E-state index contributed by atoms with van der Waals surface area (Å²) in [7, 11) is 0. The minimum atomic E-state index is -0.481. The van der Waals surface area contributed by atoms with E-state index in [1.165, 1.54) is 12.1 Å². The third kappa shape index (κ3) is 6.68. The summed E-state index contributed by atoms with van der Waals surface area (Å²) in [5.74, 6) is 0.461. The lowest BCUT2D eigenvalue weighted by Crippen LogP contribution is -2.04. The van der Waals surface area contributed by atoms with Gasteiger partial charge in [0.2, 0.25) is 0 Å². The topological polar surface area (TPSA) is 157 Å². The third-order valence-corrected chi connectivity index (χ3v) is 4.47. The van der Waals surface area contributed by atoms with Crippen molar-refractivity contribution in [1.82, 2.24) is 0 Å². The van der Waals surface area contributed by atoms with E-state index >= 15 is 0 Å². The number of ether oxygens (including phenoxy) is 2. The molecule has 2 aromatic carbocycles. The summed E-state index contributed by atoms with van der Waals surface area (Å²) in [5.41, 5.74) is 12.2. The lowest BCUT2D eigenvalue weighted by Gasteiger charge is -2.09. The average molecular weight is 418 g/mol. The number of hydrogen-bond donors (Lipinski definition) is 2. The first-order chi connectivity index (χ1) is 14.5. The number of nitro groups is 2. The summed E-state index contributed by atoms with van der Waals surface area (Å²) in [4.78, 5) is 21.3. The summed E-state index contributed by atoms with van der Waals surface area (Å²) < 4.78 is 11.1. The Kier molecular flexibility index (Phi) is 8.98. The molecule has 0 bridgehead atoms. The maximum absolute atomic E-state index is 11.1. The van der Waals surface area contributed by atoms with E-state index < -0.39 is 9.85 Å². The van der Waals surface area contributed by atoms with Crippen LogP contribution in [-0.4, -0.2) is 23.1 Å². The molecule has 0 aromatic heterocycles. The fraction of sp³-hybridized carbons (Fsp3) is 0.400. The lowest BCUT2D eigenvalue weighted by molar-refractivity contribution is -0.386. The highest BCUT2D eigenvalue weighted by atomic mass is 16.6. The zero-order valence-electron chi connectivity index (χ0n) is 16.6. The molecule has 4 N–H and O–H groups in total. The minimum Gasteiger partial charge on any atom is -0.487 e. The molecule has 10 heteroatoms. The molecule has 0 radical (unpaired) electrons. The van der Waals surface area contributed by atoms with Gasteiger partial charge in [0.15, 0.2) is 11.5 Å². The SMILES string of the molecule is NCc1ccc(OCCCCCCOc2ccc(CN)cc2[N+](=O)[O-])c([N+](=O)[O-])c1. The van der Waals surface area contributed by atoms with Crippen LogP contribution in [0.5, 0.6) is 11.5 Å². The smallest absolute Gasteiger partial charge is 0.311 e. The summed E-state index contributed by atoms with van der Waals surface area (Å²) in [6, 6.07) is 9.39. The molecule has 0 heterocycles. The highest BCUT2D eigenvalue weighted by Gasteiger charge is 2.16. The predicted octanol–water partition coefficient (Wildman–Crippen LogP) is 3.44. The largest absolute Gasteiger partial charge is 0.487 e. The van der Waals surface area contributed by atoms with Crippen molar-refractivity contribution in [3.05, 3.63) is 67.8 Å². The van der Waals surface area contributed by atoms with Gasteiger partial charge in [-0.25, -0.2) is 0 Å². The van der Waals surface area contributed by atoms with Gasteiger partial charge in [-0.15, -0.1) is 0 Å². The van der Waals surface area contributed by atoms with E-state index in [4.69, 9.17) is 20.9 Å². The number of rotatable bonds is 13. The van der Waals surface area contributed by atoms with Crippen molar-refractivity contribution in [2.24, 2.45) is 11.5 Å². The Hall–Kier alpha value is -3.24. The fourth-order valence-corrected chi connectivity index (χ4v) is 2.83. The monoisotopic (exact) mass is 418 g/mol. The Morgan fingerprint density at radius 1 is 0.700 bits per heavy atom. The second-order valence-electron chi connectivity index (χ2n) is 6.64. The summed E-state index contributed by atoms with van der Waals surface area (Å²) in [5, 5.41) is 22.3. The maximum Gasteiger partial charge on any atom is 0.311 e. The Bertz CT molecular complexity index is 803. The standard InChI is InChI=1S/C20H26N4O6/c21-13-15-5-7-19(17(11-15)23(25)26)29-9-3-1-2-4-10-30-20-8-6-16(14-22)12-18(20)24(27)28/h5-8,11-12H,1-4,9-10,13-14,21-22H2. The van der Waals surface area contributed by atoms with Crippen molar-refractivity contribution in [1.29, 1.82) is 0 Å². The normalized spacial score (nSPS) is 10.6. The van der Waals surface area contributed by atoms with Crippen LogP contribution >= 0.6 is 0 Å². The summed E-state index contributed by atoms with van der Waals surface area (Å²) in [6.45, 7) is 1.17. The first-order valence-corrected chi connectivity index (χ1v) is 9.66. The van der Waals surface area contributed by atoms with E-state index in [1.807, 2.05) is 0 Å². The second kappa shape index (κ2) is 11.7. The van der Waals surface area contributed by atoms with Crippen LogP contribution in [0.15, 0.2) is 36.4 Å². The number of hydrogen-bond acceptors (Lipinski definition) is 8. The highest BCUT2D eigenvalue weighted by Crippen LogP contribution is 2.29. The Balaban J connectivity index is 1.70. The number of nitro benzene ring substituents is 2. The molecule has 0 atom stereocenters. The predicted molar refractivity (Wildman–Crippen MR) is 111 cm³/mol. The van der Waals surface area contributed by atoms with Crippen LogP contribution in [0.3, 0.4) is 0 Å². The van der Waals surface area contributed by atoms with Crippen LogP contribution in [0.1, 0.15) is 36.8 Å². The summed E-state index contributed by atoms with van der Waals surface area (Å²) >= 11 is 0. The maximum atomic E-state index is 11.1. The molecule has 30 heavy (non-hydrogen) atoms. The molecule has 10 nitrogen and oxygen atoms in total. The van der Waals surface area contributed by atoms with E-state index in [1.54, 1.807) is 24.3 Å². The van der Waals surface area contributed by atoms with Crippen molar-refractivity contribution >= 4 is 11.4 Å². The van der Waals surface area contributed by atoms with Crippen molar-refractivity contribution in [2.75, 3.05) is 13.2 Å². The van der Waals surface area contributed by atoms with E-state index in [-0.39, 0.29) is 36.0 Å². The molecule has 0 aliphatic carbocycles. The molecule has 0 amide bonds. The fourth-order valence-electron chi connectivity index (χ4n) is 2.83. The third-order valence-electron chi connectivity index (χ3n) is 4.47. The van der Waals surface area contributed by atoms with Crippen LogP contribution in [0.25, 0.3) is 0 Å². The molecule has 2 aromatic rings. The van der Waals surface area contributed by atoms with Gasteiger partial charge in [0.05, 0.1) is 23.1 Å². The van der Waals surface area contributed by atoms with Gasteiger partial charge in [0, 0.05) is 25.2 Å². The zero-order chi connectivity index (χ0) is 21.9. The van der Waals surface area contributed by atoms with Gasteiger partial charge in [0.1, 0.15) is 0 Å². The zero-order valence-corrected chi connectivity index (χ0v) is 16.6. The van der Waals surface area contributed by atoms with Gasteiger partial charge < -0.3 is 20.9 Å². The highest BCUT2D eigenvalue weighted by molar-refractivity contribution is 5.49. The van der Waals surface area contributed by atoms with Gasteiger partial charge in [0.25, 0.3) is 0 Å². The number of nitrogens with two attached hydrogens (primary N) is 2. The minimum absolute atomic E-state index is 0.0893. The molecule has 0 fully saturated rings. The lowest BCUT2D eigenvalue weighted by atomic mass is 10.2. The Morgan fingerprint density at radius 3 is 1.43 bits per heavy atom. The molecular weight excluding hydrogens is 392 g/mol. The molecule has 0 aliphatic heterocycles. The first-order valence-electron chi connectivity index (χ1n) is 9.66. The van der Waals surface area contributed by atoms with Crippen LogP contribution in [0.4, 0.5) is 11.4 Å². The number of benzene rings is 2. The van der Waals surface area contributed by atoms with Crippen molar-refractivity contribution < 1.29 is 19.3 Å². The molecule has 0 spiro atoms. The van der Waals surface area contributed by atoms with Crippen LogP contribution in [0, 0.1) is 20.2 Å². The summed E-state index contributed by atoms with van der Waals surface area (Å²) in [6.07, 6.45) is 3.13. The van der Waals surface area contributed by atoms with Crippen LogP contribution in [0.2, 0.25) is 0 Å². The molecule has 162 valence electrons. The second-order valence-corrected chi connectivity index (χ2v) is 6.64. The van der Waals surface area contributed by atoms with Gasteiger partial charge in [-0.1, -0.05) is 12.1 Å². The quantitative estimate of drug-likeness (QED) is 0.284. The van der Waals surface area contributed by atoms with E-state index in [0.29, 0.717) is 24.3 Å². The number of unbranched alkanes of at least 4 members (excludes halogenated alkanes) is 3. The molecule has 2 rings (SSSR count). The van der Waals surface area contributed by atoms with E-state index in [9.17, 15) is 20.2 Å². The van der Waals surface area contributed by atoms with Crippen molar-refractivity contribution in [2.45, 2.75) is 38.8 Å². The van der Waals surface area contributed by atoms with E-state index in [2.05, 4.69) is 0 Å². The molecule has 0 aliphatic rings. The van der Waals surface area contributed by atoms with Crippen molar-refractivity contribution in [3.63, 3.8) is 0 Å². The number of nitrogens with zero attached hydrogens (tertiary/aromatic N) is 2. The van der Waals surface area contributed by atoms with E-state index in [0.717, 1.165) is 25.7 Å². The van der Waals surface area contributed by atoms with Gasteiger partial charge >= 0.3 is 11.4 Å². The molecule has 0 unspecified atom stereocenters. The van der Waals surface area contributed by atoms with Crippen LogP contribution < -0.4 is 20.9 Å². The van der Waals surface area contributed by atoms with Crippen molar-refractivity contribution in [3.8, 4) is 11.5 Å². The molecule has 0 saturated heterocycles. The van der Waals surface area contributed by atoms with Gasteiger partial charge in [-0.2, -0.15) is 0 Å². The first kappa shape index (κ1) is 23.0. The molecular formula is C20H26N4O6. The Morgan fingerprint density at radius 2 is 1.10 bits per heavy atom. The Labute approximate surface area is 174 Å². The van der Waals surface area contributed by atoms with Crippen LogP contribution in [-0.2, 0) is 13.1 Å². The van der Waals surface area contributed by atoms with Gasteiger partial charge in [-0.05, 0) is 48.9 Å².